The summed E-state index contributed by atoms with van der Waals surface area (Å²) in [6, 6.07) is 6.89. The van der Waals surface area contributed by atoms with Crippen LogP contribution in [0, 0.1) is 11.3 Å². The zero-order valence-corrected chi connectivity index (χ0v) is 14.5. The highest BCUT2D eigenvalue weighted by atomic mass is 16.5. The Kier molecular flexibility index (Phi) is 8.16. The summed E-state index contributed by atoms with van der Waals surface area (Å²) in [5.41, 5.74) is 0.529. The molecular formula is C17H24N4O3. The van der Waals surface area contributed by atoms with E-state index in [0.717, 1.165) is 13.0 Å². The molecule has 0 heterocycles. The Hall–Kier alpha value is -2.72. The number of methoxy groups -OCH3 is 2. The van der Waals surface area contributed by atoms with Gasteiger partial charge in [0.25, 0.3) is 5.91 Å². The molecule has 7 nitrogen and oxygen atoms in total. The van der Waals surface area contributed by atoms with Gasteiger partial charge in [-0.25, -0.2) is 0 Å². The third-order valence-corrected chi connectivity index (χ3v) is 3.18. The molecule has 0 aromatic heterocycles. The number of rotatable bonds is 9. The Bertz CT molecular complexity index is 621. The molecule has 130 valence electrons. The summed E-state index contributed by atoms with van der Waals surface area (Å²) in [5, 5.41) is 14.8. The number of nitriles is 1. The SMILES string of the molecule is COc1ccc(NC(=O)/C(C#N)=C\NCCCN(C)C)cc1OC. The van der Waals surface area contributed by atoms with E-state index in [-0.39, 0.29) is 5.57 Å². The molecule has 0 saturated carbocycles. The second kappa shape index (κ2) is 10.1. The first-order valence-electron chi connectivity index (χ1n) is 7.53. The predicted molar refractivity (Wildman–Crippen MR) is 93.0 cm³/mol. The molecule has 0 spiro atoms. The smallest absolute Gasteiger partial charge is 0.267 e. The van der Waals surface area contributed by atoms with E-state index in [1.54, 1.807) is 18.2 Å². The maximum atomic E-state index is 12.1. The van der Waals surface area contributed by atoms with Crippen LogP contribution in [-0.2, 0) is 4.79 Å². The van der Waals surface area contributed by atoms with Gasteiger partial charge in [0.05, 0.1) is 14.2 Å². The van der Waals surface area contributed by atoms with Gasteiger partial charge in [0.15, 0.2) is 11.5 Å². The van der Waals surface area contributed by atoms with Crippen molar-refractivity contribution < 1.29 is 14.3 Å². The molecule has 0 unspecified atom stereocenters. The van der Waals surface area contributed by atoms with Crippen molar-refractivity contribution >= 4 is 11.6 Å². The van der Waals surface area contributed by atoms with Crippen LogP contribution >= 0.6 is 0 Å². The van der Waals surface area contributed by atoms with E-state index in [1.807, 2.05) is 20.2 Å². The van der Waals surface area contributed by atoms with Crippen LogP contribution in [0.5, 0.6) is 11.5 Å². The van der Waals surface area contributed by atoms with Crippen LogP contribution in [0.1, 0.15) is 6.42 Å². The lowest BCUT2D eigenvalue weighted by Crippen LogP contribution is -2.20. The average molecular weight is 332 g/mol. The molecule has 0 radical (unpaired) electrons. The van der Waals surface area contributed by atoms with Crippen LogP contribution in [0.25, 0.3) is 0 Å². The second-order valence-electron chi connectivity index (χ2n) is 5.30. The van der Waals surface area contributed by atoms with Gasteiger partial charge in [0, 0.05) is 24.5 Å². The van der Waals surface area contributed by atoms with Gasteiger partial charge in [-0.15, -0.1) is 0 Å². The lowest BCUT2D eigenvalue weighted by Gasteiger charge is -2.11. The highest BCUT2D eigenvalue weighted by Crippen LogP contribution is 2.29. The minimum Gasteiger partial charge on any atom is -0.493 e. The number of amides is 1. The number of hydrogen-bond donors (Lipinski definition) is 2. The lowest BCUT2D eigenvalue weighted by atomic mass is 10.2. The number of nitrogens with zero attached hydrogens (tertiary/aromatic N) is 2. The molecule has 0 bridgehead atoms. The standard InChI is InChI=1S/C17H24N4O3/c1-21(2)9-5-8-19-12-13(11-18)17(22)20-14-6-7-15(23-3)16(10-14)24-4/h6-7,10,12,19H,5,8-9H2,1-4H3,(H,20,22)/b13-12-. The Labute approximate surface area is 142 Å². The fourth-order valence-electron chi connectivity index (χ4n) is 1.93. The molecule has 0 aliphatic carbocycles. The van der Waals surface area contributed by atoms with Gasteiger partial charge in [-0.2, -0.15) is 5.26 Å². The number of hydrogen-bond acceptors (Lipinski definition) is 6. The fraction of sp³-hybridized carbons (Fsp3) is 0.412. The normalized spacial score (nSPS) is 10.9. The molecule has 1 aromatic carbocycles. The molecule has 0 atom stereocenters. The largest absolute Gasteiger partial charge is 0.493 e. The third kappa shape index (κ3) is 6.18. The number of ether oxygens (including phenoxy) is 2. The Morgan fingerprint density at radius 2 is 2.00 bits per heavy atom. The molecule has 24 heavy (non-hydrogen) atoms. The van der Waals surface area contributed by atoms with Crippen molar-refractivity contribution in [2.75, 3.05) is 46.7 Å². The van der Waals surface area contributed by atoms with E-state index < -0.39 is 5.91 Å². The summed E-state index contributed by atoms with van der Waals surface area (Å²) < 4.78 is 10.3. The van der Waals surface area contributed by atoms with Gasteiger partial charge >= 0.3 is 0 Å². The van der Waals surface area contributed by atoms with E-state index in [1.165, 1.54) is 20.4 Å². The number of benzene rings is 1. The Balaban J connectivity index is 2.65. The van der Waals surface area contributed by atoms with Crippen LogP contribution in [0.15, 0.2) is 30.0 Å². The van der Waals surface area contributed by atoms with Crippen molar-refractivity contribution in [1.82, 2.24) is 10.2 Å². The van der Waals surface area contributed by atoms with Crippen molar-refractivity contribution in [3.8, 4) is 17.6 Å². The average Bonchev–Trinajstić information content (AvgIpc) is 2.57. The summed E-state index contributed by atoms with van der Waals surface area (Å²) in [5.74, 6) is 0.582. The summed E-state index contributed by atoms with van der Waals surface area (Å²) in [6.07, 6.45) is 2.35. The summed E-state index contributed by atoms with van der Waals surface area (Å²) in [4.78, 5) is 14.2. The highest BCUT2D eigenvalue weighted by Gasteiger charge is 2.11. The van der Waals surface area contributed by atoms with Crippen molar-refractivity contribution in [2.45, 2.75) is 6.42 Å². The van der Waals surface area contributed by atoms with E-state index in [4.69, 9.17) is 14.7 Å². The fourth-order valence-corrected chi connectivity index (χ4v) is 1.93. The molecule has 2 N–H and O–H groups in total. The molecule has 0 aliphatic heterocycles. The first-order valence-corrected chi connectivity index (χ1v) is 7.53. The van der Waals surface area contributed by atoms with Gasteiger partial charge in [-0.3, -0.25) is 4.79 Å². The van der Waals surface area contributed by atoms with E-state index >= 15 is 0 Å². The molecule has 1 amide bonds. The molecule has 0 aliphatic rings. The van der Waals surface area contributed by atoms with Crippen LogP contribution in [-0.4, -0.2) is 52.2 Å². The number of nitrogens with one attached hydrogen (secondary N) is 2. The minimum absolute atomic E-state index is 0.00892. The van der Waals surface area contributed by atoms with Crippen molar-refractivity contribution in [3.05, 3.63) is 30.0 Å². The monoisotopic (exact) mass is 332 g/mol. The van der Waals surface area contributed by atoms with Crippen molar-refractivity contribution in [2.24, 2.45) is 0 Å². The Morgan fingerprint density at radius 3 is 2.58 bits per heavy atom. The van der Waals surface area contributed by atoms with Gasteiger partial charge in [0.2, 0.25) is 0 Å². The second-order valence-corrected chi connectivity index (χ2v) is 5.30. The molecule has 0 fully saturated rings. The summed E-state index contributed by atoms with van der Waals surface area (Å²) >= 11 is 0. The van der Waals surface area contributed by atoms with Gasteiger partial charge < -0.3 is 25.0 Å². The van der Waals surface area contributed by atoms with Gasteiger partial charge in [-0.1, -0.05) is 0 Å². The van der Waals surface area contributed by atoms with E-state index in [9.17, 15) is 4.79 Å². The van der Waals surface area contributed by atoms with Crippen LogP contribution in [0.2, 0.25) is 0 Å². The first-order chi connectivity index (χ1) is 11.5. The topological polar surface area (TPSA) is 86.6 Å². The highest BCUT2D eigenvalue weighted by molar-refractivity contribution is 6.06. The van der Waals surface area contributed by atoms with E-state index in [2.05, 4.69) is 15.5 Å². The number of carbonyl (C=O) groups excluding carboxylic acids is 1. The summed E-state index contributed by atoms with van der Waals surface area (Å²) in [6.45, 7) is 1.62. The summed E-state index contributed by atoms with van der Waals surface area (Å²) in [7, 11) is 7.04. The molecule has 0 saturated heterocycles. The minimum atomic E-state index is -0.482. The molecular weight excluding hydrogens is 308 g/mol. The maximum absolute atomic E-state index is 12.1. The number of anilines is 1. The molecule has 1 aromatic rings. The van der Waals surface area contributed by atoms with Gasteiger partial charge in [0.1, 0.15) is 11.6 Å². The van der Waals surface area contributed by atoms with Crippen molar-refractivity contribution in [1.29, 1.82) is 5.26 Å². The van der Waals surface area contributed by atoms with Crippen molar-refractivity contribution in [3.63, 3.8) is 0 Å². The van der Waals surface area contributed by atoms with E-state index in [0.29, 0.717) is 23.7 Å². The Morgan fingerprint density at radius 1 is 1.29 bits per heavy atom. The number of carbonyl (C=O) groups is 1. The molecule has 1 rings (SSSR count). The molecule has 7 heteroatoms. The van der Waals surface area contributed by atoms with Crippen LogP contribution in [0.3, 0.4) is 0 Å². The lowest BCUT2D eigenvalue weighted by molar-refractivity contribution is -0.112. The quantitative estimate of drug-likeness (QED) is 0.406. The van der Waals surface area contributed by atoms with Gasteiger partial charge in [-0.05, 0) is 39.2 Å². The predicted octanol–water partition coefficient (Wildman–Crippen LogP) is 1.59. The zero-order chi connectivity index (χ0) is 17.9. The van der Waals surface area contributed by atoms with Crippen LogP contribution < -0.4 is 20.1 Å². The van der Waals surface area contributed by atoms with Crippen LogP contribution in [0.4, 0.5) is 5.69 Å². The zero-order valence-electron chi connectivity index (χ0n) is 14.5. The maximum Gasteiger partial charge on any atom is 0.267 e. The first kappa shape index (κ1) is 19.3. The third-order valence-electron chi connectivity index (χ3n) is 3.18.